The van der Waals surface area contributed by atoms with Crippen molar-refractivity contribution in [2.24, 2.45) is 0 Å². The monoisotopic (exact) mass is 275 g/mol. The average Bonchev–Trinajstić information content (AvgIpc) is 2.82. The van der Waals surface area contributed by atoms with Gasteiger partial charge in [-0.05, 0) is 12.5 Å². The molecule has 19 heavy (non-hydrogen) atoms. The lowest BCUT2D eigenvalue weighted by atomic mass is 10.2. The van der Waals surface area contributed by atoms with Gasteiger partial charge in [-0.25, -0.2) is 4.98 Å². The second-order valence-electron chi connectivity index (χ2n) is 4.25. The van der Waals surface area contributed by atoms with Gasteiger partial charge in [0.05, 0.1) is 12.1 Å². The number of nitrogens with two attached hydrogens (primary N) is 1. The summed E-state index contributed by atoms with van der Waals surface area (Å²) in [5, 5.41) is 2.35. The van der Waals surface area contributed by atoms with Gasteiger partial charge in [-0.15, -0.1) is 11.3 Å². The van der Waals surface area contributed by atoms with Crippen LogP contribution in [0.3, 0.4) is 0 Å². The maximum absolute atomic E-state index is 12.2. The van der Waals surface area contributed by atoms with Crippen LogP contribution in [0.5, 0.6) is 0 Å². The zero-order chi connectivity index (χ0) is 13.7. The van der Waals surface area contributed by atoms with Crippen molar-refractivity contribution in [3.63, 3.8) is 0 Å². The minimum absolute atomic E-state index is 0.0802. The smallest absolute Gasteiger partial charge is 0.228 e. The molecule has 0 bridgehead atoms. The summed E-state index contributed by atoms with van der Waals surface area (Å²) in [6.07, 6.45) is 0.314. The van der Waals surface area contributed by atoms with Crippen molar-refractivity contribution < 1.29 is 4.79 Å². The molecule has 0 atom stereocenters. The molecule has 5 heteroatoms. The predicted molar refractivity (Wildman–Crippen MR) is 77.8 cm³/mol. The lowest BCUT2D eigenvalue weighted by Gasteiger charge is -2.20. The number of likely N-dealkylation sites (N-methyl/N-ethyl adjacent to an activating group) is 1. The Bertz CT molecular complexity index is 539. The number of hydrogen-bond acceptors (Lipinski definition) is 4. The third kappa shape index (κ3) is 3.79. The minimum atomic E-state index is 0.0802. The normalized spacial score (nSPS) is 10.4. The Balaban J connectivity index is 1.99. The van der Waals surface area contributed by atoms with E-state index in [-0.39, 0.29) is 5.91 Å². The van der Waals surface area contributed by atoms with Gasteiger partial charge >= 0.3 is 0 Å². The number of carbonyl (C=O) groups excluding carboxylic acids is 1. The predicted octanol–water partition coefficient (Wildman–Crippen LogP) is 2.32. The molecule has 0 saturated carbocycles. The van der Waals surface area contributed by atoms with Crippen molar-refractivity contribution in [2.75, 3.05) is 12.3 Å². The molecule has 1 amide bonds. The van der Waals surface area contributed by atoms with Gasteiger partial charge in [-0.2, -0.15) is 0 Å². The van der Waals surface area contributed by atoms with E-state index >= 15 is 0 Å². The largest absolute Gasteiger partial charge is 0.375 e. The molecule has 2 rings (SSSR count). The van der Waals surface area contributed by atoms with Crippen molar-refractivity contribution in [3.05, 3.63) is 47.0 Å². The Labute approximate surface area is 116 Å². The van der Waals surface area contributed by atoms with Gasteiger partial charge in [-0.3, -0.25) is 4.79 Å². The SMILES string of the molecule is CCN(Cc1ccccc1)C(=O)Cc1csc(N)n1. The number of thiazole rings is 1. The van der Waals surface area contributed by atoms with Crippen molar-refractivity contribution in [1.29, 1.82) is 0 Å². The van der Waals surface area contributed by atoms with Gasteiger partial charge in [0.25, 0.3) is 0 Å². The van der Waals surface area contributed by atoms with Crippen molar-refractivity contribution in [3.8, 4) is 0 Å². The zero-order valence-corrected chi connectivity index (χ0v) is 11.7. The molecule has 0 unspecified atom stereocenters. The van der Waals surface area contributed by atoms with Crippen LogP contribution in [-0.4, -0.2) is 22.3 Å². The maximum Gasteiger partial charge on any atom is 0.228 e. The molecule has 0 radical (unpaired) electrons. The Morgan fingerprint density at radius 3 is 2.68 bits per heavy atom. The Hall–Kier alpha value is -1.88. The summed E-state index contributed by atoms with van der Waals surface area (Å²) >= 11 is 1.37. The molecule has 100 valence electrons. The molecule has 0 aliphatic heterocycles. The first-order valence-electron chi connectivity index (χ1n) is 6.20. The number of hydrogen-bond donors (Lipinski definition) is 1. The second kappa shape index (κ2) is 6.33. The van der Waals surface area contributed by atoms with Gasteiger partial charge in [0.1, 0.15) is 0 Å². The van der Waals surface area contributed by atoms with E-state index < -0.39 is 0 Å². The minimum Gasteiger partial charge on any atom is -0.375 e. The van der Waals surface area contributed by atoms with Crippen LogP contribution in [0, 0.1) is 0 Å². The quantitative estimate of drug-likeness (QED) is 0.911. The second-order valence-corrected chi connectivity index (χ2v) is 5.14. The van der Waals surface area contributed by atoms with Crippen LogP contribution in [0.2, 0.25) is 0 Å². The van der Waals surface area contributed by atoms with Crippen molar-refractivity contribution in [2.45, 2.75) is 19.9 Å². The molecule has 2 N–H and O–H groups in total. The molecule has 1 aromatic carbocycles. The first kappa shape index (κ1) is 13.5. The fraction of sp³-hybridized carbons (Fsp3) is 0.286. The highest BCUT2D eigenvalue weighted by atomic mass is 32.1. The van der Waals surface area contributed by atoms with E-state index in [1.807, 2.05) is 47.5 Å². The summed E-state index contributed by atoms with van der Waals surface area (Å²) in [5.41, 5.74) is 7.45. The number of aromatic nitrogens is 1. The Morgan fingerprint density at radius 2 is 2.11 bits per heavy atom. The molecular formula is C14H17N3OS. The maximum atomic E-state index is 12.2. The number of amides is 1. The molecule has 1 aromatic heterocycles. The lowest BCUT2D eigenvalue weighted by molar-refractivity contribution is -0.130. The van der Waals surface area contributed by atoms with Crippen LogP contribution < -0.4 is 5.73 Å². The Kier molecular flexibility index (Phi) is 4.52. The van der Waals surface area contributed by atoms with Crippen molar-refractivity contribution >= 4 is 22.4 Å². The highest BCUT2D eigenvalue weighted by Crippen LogP contribution is 2.13. The summed E-state index contributed by atoms with van der Waals surface area (Å²) < 4.78 is 0. The van der Waals surface area contributed by atoms with E-state index in [1.54, 1.807) is 0 Å². The third-order valence-corrected chi connectivity index (χ3v) is 3.58. The standard InChI is InChI=1S/C14H17N3OS/c1-2-17(9-11-6-4-3-5-7-11)13(18)8-12-10-19-14(15)16-12/h3-7,10H,2,8-9H2,1H3,(H2,15,16). The topological polar surface area (TPSA) is 59.2 Å². The summed E-state index contributed by atoms with van der Waals surface area (Å²) in [7, 11) is 0. The first-order valence-corrected chi connectivity index (χ1v) is 7.08. The molecule has 1 heterocycles. The summed E-state index contributed by atoms with van der Waals surface area (Å²) in [6.45, 7) is 3.30. The fourth-order valence-electron chi connectivity index (χ4n) is 1.85. The first-order chi connectivity index (χ1) is 9.19. The summed E-state index contributed by atoms with van der Waals surface area (Å²) in [4.78, 5) is 18.2. The zero-order valence-electron chi connectivity index (χ0n) is 10.9. The summed E-state index contributed by atoms with van der Waals surface area (Å²) in [6, 6.07) is 9.98. The van der Waals surface area contributed by atoms with E-state index in [2.05, 4.69) is 4.98 Å². The fourth-order valence-corrected chi connectivity index (χ4v) is 2.41. The highest BCUT2D eigenvalue weighted by molar-refractivity contribution is 7.13. The van der Waals surface area contributed by atoms with Gasteiger partial charge in [0.15, 0.2) is 5.13 Å². The van der Waals surface area contributed by atoms with Crippen LogP contribution in [0.25, 0.3) is 0 Å². The number of rotatable bonds is 5. The highest BCUT2D eigenvalue weighted by Gasteiger charge is 2.14. The molecule has 2 aromatic rings. The van der Waals surface area contributed by atoms with Gasteiger partial charge in [0, 0.05) is 18.5 Å². The summed E-state index contributed by atoms with van der Waals surface area (Å²) in [5.74, 6) is 0.0802. The van der Waals surface area contributed by atoms with E-state index in [0.29, 0.717) is 24.6 Å². The van der Waals surface area contributed by atoms with Crippen molar-refractivity contribution in [1.82, 2.24) is 9.88 Å². The number of carbonyl (C=O) groups is 1. The van der Waals surface area contributed by atoms with E-state index in [9.17, 15) is 4.79 Å². The third-order valence-electron chi connectivity index (χ3n) is 2.85. The van der Waals surface area contributed by atoms with Crippen LogP contribution >= 0.6 is 11.3 Å². The average molecular weight is 275 g/mol. The molecular weight excluding hydrogens is 258 g/mol. The number of benzene rings is 1. The molecule has 0 aliphatic rings. The number of nitrogens with zero attached hydrogens (tertiary/aromatic N) is 2. The van der Waals surface area contributed by atoms with Crippen LogP contribution in [0.1, 0.15) is 18.2 Å². The van der Waals surface area contributed by atoms with E-state index in [4.69, 9.17) is 5.73 Å². The molecule has 4 nitrogen and oxygen atoms in total. The Morgan fingerprint density at radius 1 is 1.37 bits per heavy atom. The van der Waals surface area contributed by atoms with Crippen LogP contribution in [0.15, 0.2) is 35.7 Å². The van der Waals surface area contributed by atoms with E-state index in [1.165, 1.54) is 11.3 Å². The molecule has 0 spiro atoms. The van der Waals surface area contributed by atoms with Crippen LogP contribution in [0.4, 0.5) is 5.13 Å². The van der Waals surface area contributed by atoms with Gasteiger partial charge < -0.3 is 10.6 Å². The molecule has 0 fully saturated rings. The number of nitrogen functional groups attached to an aromatic ring is 1. The molecule has 0 saturated heterocycles. The van der Waals surface area contributed by atoms with Gasteiger partial charge in [-0.1, -0.05) is 30.3 Å². The molecule has 0 aliphatic carbocycles. The van der Waals surface area contributed by atoms with Gasteiger partial charge in [0.2, 0.25) is 5.91 Å². The van der Waals surface area contributed by atoms with E-state index in [0.717, 1.165) is 11.3 Å². The number of anilines is 1. The van der Waals surface area contributed by atoms with Crippen LogP contribution in [-0.2, 0) is 17.8 Å². The lowest BCUT2D eigenvalue weighted by Crippen LogP contribution is -2.31.